The van der Waals surface area contributed by atoms with Gasteiger partial charge in [0.1, 0.15) is 23.2 Å². The first-order valence-corrected chi connectivity index (χ1v) is 6.86. The largest absolute Gasteiger partial charge is 0.491 e. The Morgan fingerprint density at radius 1 is 1.25 bits per heavy atom. The van der Waals surface area contributed by atoms with Gasteiger partial charge in [-0.15, -0.1) is 0 Å². The molecule has 0 saturated heterocycles. The summed E-state index contributed by atoms with van der Waals surface area (Å²) in [5, 5.41) is 0. The van der Waals surface area contributed by atoms with Crippen LogP contribution in [0, 0.1) is 0 Å². The van der Waals surface area contributed by atoms with Crippen LogP contribution in [-0.4, -0.2) is 23.1 Å². The van der Waals surface area contributed by atoms with Crippen molar-refractivity contribution in [3.63, 3.8) is 0 Å². The van der Waals surface area contributed by atoms with E-state index < -0.39 is 0 Å². The third-order valence-electron chi connectivity index (χ3n) is 3.31. The minimum atomic E-state index is 0.369. The lowest BCUT2D eigenvalue weighted by molar-refractivity contribution is 0.331. The maximum atomic E-state index is 5.75. The van der Waals surface area contributed by atoms with Crippen LogP contribution in [0.2, 0.25) is 0 Å². The predicted molar refractivity (Wildman–Crippen MR) is 83.1 cm³/mol. The molecule has 4 nitrogen and oxygen atoms in total. The summed E-state index contributed by atoms with van der Waals surface area (Å²) >= 11 is 4.94. The number of anilines is 1. The Balaban J connectivity index is 1.85. The number of para-hydroxylation sites is 1. The second-order valence-corrected chi connectivity index (χ2v) is 5.09. The number of nitrogens with two attached hydrogens (primary N) is 1. The number of thiocarbonyl (C=S) groups is 1. The molecule has 102 valence electrons. The van der Waals surface area contributed by atoms with Crippen LogP contribution in [0.25, 0.3) is 0 Å². The fourth-order valence-electron chi connectivity index (χ4n) is 2.24. The lowest BCUT2D eigenvalue weighted by Gasteiger charge is -2.20. The van der Waals surface area contributed by atoms with Gasteiger partial charge in [0.05, 0.1) is 6.54 Å². The van der Waals surface area contributed by atoms with Gasteiger partial charge in [0.25, 0.3) is 0 Å². The van der Waals surface area contributed by atoms with Crippen molar-refractivity contribution >= 4 is 23.0 Å². The summed E-state index contributed by atoms with van der Waals surface area (Å²) in [4.78, 5) is 7.00. The molecule has 0 spiro atoms. The molecular weight excluding hydrogens is 270 g/mol. The third kappa shape index (κ3) is 2.58. The molecule has 0 atom stereocenters. The van der Waals surface area contributed by atoms with Gasteiger partial charge in [-0.1, -0.05) is 30.4 Å². The van der Waals surface area contributed by atoms with E-state index in [9.17, 15) is 0 Å². The Labute approximate surface area is 123 Å². The molecule has 5 heteroatoms. The molecule has 0 aliphatic carbocycles. The average Bonchev–Trinajstić information content (AvgIpc) is 2.69. The summed E-state index contributed by atoms with van der Waals surface area (Å²) < 4.78 is 5.75. The minimum absolute atomic E-state index is 0.369. The van der Waals surface area contributed by atoms with E-state index in [1.54, 1.807) is 6.20 Å². The van der Waals surface area contributed by atoms with Crippen molar-refractivity contribution in [3.8, 4) is 5.75 Å². The van der Waals surface area contributed by atoms with E-state index in [0.29, 0.717) is 11.6 Å². The van der Waals surface area contributed by atoms with Crippen LogP contribution in [0.1, 0.15) is 11.1 Å². The van der Waals surface area contributed by atoms with E-state index in [-0.39, 0.29) is 0 Å². The molecule has 0 bridgehead atoms. The van der Waals surface area contributed by atoms with Crippen molar-refractivity contribution in [2.75, 3.05) is 18.1 Å². The van der Waals surface area contributed by atoms with E-state index in [1.165, 1.54) is 5.56 Å². The van der Waals surface area contributed by atoms with Gasteiger partial charge >= 0.3 is 0 Å². The molecule has 0 radical (unpaired) electrons. The Bertz CT molecular complexity index is 627. The molecular formula is C15H15N3OS. The number of fused-ring (bicyclic) bond motifs is 1. The fraction of sp³-hybridized carbons (Fsp3) is 0.200. The number of benzene rings is 1. The zero-order valence-corrected chi connectivity index (χ0v) is 11.8. The second-order valence-electron chi connectivity index (χ2n) is 4.65. The highest BCUT2D eigenvalue weighted by molar-refractivity contribution is 7.80. The van der Waals surface area contributed by atoms with Gasteiger partial charge in [0, 0.05) is 23.9 Å². The summed E-state index contributed by atoms with van der Waals surface area (Å²) in [6.07, 6.45) is 1.72. The van der Waals surface area contributed by atoms with Crippen LogP contribution in [0.5, 0.6) is 5.75 Å². The first-order chi connectivity index (χ1) is 9.74. The Morgan fingerprint density at radius 3 is 2.85 bits per heavy atom. The number of nitrogens with zero attached hydrogens (tertiary/aromatic N) is 2. The fourth-order valence-corrected chi connectivity index (χ4v) is 2.36. The van der Waals surface area contributed by atoms with Gasteiger partial charge in [-0.3, -0.25) is 0 Å². The van der Waals surface area contributed by atoms with Crippen molar-refractivity contribution in [2.24, 2.45) is 5.73 Å². The number of ether oxygens (including phenoxy) is 1. The molecule has 1 aromatic carbocycles. The highest BCUT2D eigenvalue weighted by Gasteiger charge is 2.16. The maximum Gasteiger partial charge on any atom is 0.128 e. The number of rotatable bonds is 2. The van der Waals surface area contributed by atoms with Crippen molar-refractivity contribution in [3.05, 3.63) is 53.7 Å². The normalized spacial score (nSPS) is 14.1. The van der Waals surface area contributed by atoms with E-state index in [2.05, 4.69) is 16.0 Å². The lowest BCUT2D eigenvalue weighted by Crippen LogP contribution is -2.26. The topological polar surface area (TPSA) is 51.4 Å². The van der Waals surface area contributed by atoms with E-state index in [0.717, 1.165) is 30.2 Å². The number of hydrogen-bond donors (Lipinski definition) is 1. The predicted octanol–water partition coefficient (Wildman–Crippen LogP) is 2.11. The minimum Gasteiger partial charge on any atom is -0.491 e. The quantitative estimate of drug-likeness (QED) is 0.857. The van der Waals surface area contributed by atoms with E-state index in [4.69, 9.17) is 22.7 Å². The van der Waals surface area contributed by atoms with Crippen LogP contribution < -0.4 is 15.4 Å². The van der Waals surface area contributed by atoms with Crippen LogP contribution >= 0.6 is 12.2 Å². The first kappa shape index (κ1) is 12.9. The summed E-state index contributed by atoms with van der Waals surface area (Å²) in [6, 6.07) is 11.9. The average molecular weight is 285 g/mol. The molecule has 0 saturated carbocycles. The Morgan fingerprint density at radius 2 is 2.10 bits per heavy atom. The molecule has 3 rings (SSSR count). The number of pyridine rings is 1. The third-order valence-corrected chi connectivity index (χ3v) is 3.54. The van der Waals surface area contributed by atoms with Gasteiger partial charge in [-0.2, -0.15) is 0 Å². The zero-order valence-electron chi connectivity index (χ0n) is 11.0. The van der Waals surface area contributed by atoms with E-state index in [1.807, 2.05) is 30.3 Å². The molecule has 2 heterocycles. The van der Waals surface area contributed by atoms with Crippen molar-refractivity contribution < 1.29 is 4.74 Å². The summed E-state index contributed by atoms with van der Waals surface area (Å²) in [5.74, 6) is 1.86. The van der Waals surface area contributed by atoms with Crippen LogP contribution in [0.3, 0.4) is 0 Å². The van der Waals surface area contributed by atoms with Crippen molar-refractivity contribution in [1.29, 1.82) is 0 Å². The van der Waals surface area contributed by atoms with Crippen molar-refractivity contribution in [1.82, 2.24) is 4.98 Å². The molecule has 1 aliphatic rings. The maximum absolute atomic E-state index is 5.75. The van der Waals surface area contributed by atoms with Gasteiger partial charge in [-0.25, -0.2) is 4.98 Å². The Kier molecular flexibility index (Phi) is 3.52. The van der Waals surface area contributed by atoms with Gasteiger partial charge in [-0.05, 0) is 18.2 Å². The smallest absolute Gasteiger partial charge is 0.128 e. The van der Waals surface area contributed by atoms with Crippen LogP contribution in [0.15, 0.2) is 42.6 Å². The van der Waals surface area contributed by atoms with E-state index >= 15 is 0 Å². The van der Waals surface area contributed by atoms with Gasteiger partial charge < -0.3 is 15.4 Å². The molecule has 2 N–H and O–H groups in total. The second kappa shape index (κ2) is 5.46. The highest BCUT2D eigenvalue weighted by Crippen LogP contribution is 2.25. The standard InChI is InChI=1S/C15H15N3OS/c16-15(20)11-5-6-14(17-9-11)18-7-8-19-13-4-2-1-3-12(13)10-18/h1-6,9H,7-8,10H2,(H2,16,20). The summed E-state index contributed by atoms with van der Waals surface area (Å²) in [7, 11) is 0. The van der Waals surface area contributed by atoms with Crippen LogP contribution in [-0.2, 0) is 6.54 Å². The molecule has 0 unspecified atom stereocenters. The molecule has 1 aliphatic heterocycles. The van der Waals surface area contributed by atoms with Crippen molar-refractivity contribution in [2.45, 2.75) is 6.54 Å². The molecule has 0 amide bonds. The van der Waals surface area contributed by atoms with Gasteiger partial charge in [0.15, 0.2) is 0 Å². The number of aromatic nitrogens is 1. The summed E-state index contributed by atoms with van der Waals surface area (Å²) in [5.41, 5.74) is 7.55. The summed E-state index contributed by atoms with van der Waals surface area (Å²) in [6.45, 7) is 2.24. The first-order valence-electron chi connectivity index (χ1n) is 6.45. The SMILES string of the molecule is NC(=S)c1ccc(N2CCOc3ccccc3C2)nc1. The molecule has 2 aromatic rings. The highest BCUT2D eigenvalue weighted by atomic mass is 32.1. The zero-order chi connectivity index (χ0) is 13.9. The monoisotopic (exact) mass is 285 g/mol. The molecule has 1 aromatic heterocycles. The lowest BCUT2D eigenvalue weighted by atomic mass is 10.2. The molecule has 0 fully saturated rings. The number of hydrogen-bond acceptors (Lipinski definition) is 4. The Hall–Kier alpha value is -2.14. The van der Waals surface area contributed by atoms with Crippen LogP contribution in [0.4, 0.5) is 5.82 Å². The van der Waals surface area contributed by atoms with Gasteiger partial charge in [0.2, 0.25) is 0 Å². The molecule has 20 heavy (non-hydrogen) atoms.